The highest BCUT2D eigenvalue weighted by molar-refractivity contribution is 6.22. The number of nitrogens with zero attached hydrogens (tertiary/aromatic N) is 1. The van der Waals surface area contributed by atoms with Gasteiger partial charge < -0.3 is 14.2 Å². The average Bonchev–Trinajstić information content (AvgIpc) is 3.21. The van der Waals surface area contributed by atoms with Crippen molar-refractivity contribution in [2.45, 2.75) is 25.0 Å². The molecule has 4 unspecified atom stereocenters. The van der Waals surface area contributed by atoms with Gasteiger partial charge in [0.1, 0.15) is 0 Å². The van der Waals surface area contributed by atoms with Crippen LogP contribution in [0, 0.1) is 11.8 Å². The van der Waals surface area contributed by atoms with E-state index in [0.717, 1.165) is 12.8 Å². The zero-order valence-corrected chi connectivity index (χ0v) is 12.4. The molecule has 1 aromatic rings. The van der Waals surface area contributed by atoms with Crippen LogP contribution in [-0.4, -0.2) is 38.2 Å². The van der Waals surface area contributed by atoms with Gasteiger partial charge in [-0.3, -0.25) is 9.59 Å². The maximum atomic E-state index is 12.7. The summed E-state index contributed by atoms with van der Waals surface area (Å²) >= 11 is 0. The van der Waals surface area contributed by atoms with Crippen LogP contribution in [0.5, 0.6) is 11.5 Å². The molecule has 3 aliphatic rings. The first-order valence-corrected chi connectivity index (χ1v) is 7.41. The number of anilines is 1. The largest absolute Gasteiger partial charge is 0.493 e. The quantitative estimate of drug-likeness (QED) is 0.789. The van der Waals surface area contributed by atoms with Gasteiger partial charge in [-0.1, -0.05) is 0 Å². The van der Waals surface area contributed by atoms with Crippen molar-refractivity contribution in [3.8, 4) is 11.5 Å². The number of methoxy groups -OCH3 is 2. The van der Waals surface area contributed by atoms with Crippen LogP contribution in [0.1, 0.15) is 12.8 Å². The minimum absolute atomic E-state index is 0.100. The van der Waals surface area contributed by atoms with E-state index in [1.54, 1.807) is 25.3 Å². The Balaban J connectivity index is 1.71. The van der Waals surface area contributed by atoms with E-state index in [4.69, 9.17) is 14.2 Å². The van der Waals surface area contributed by atoms with Crippen LogP contribution in [0.3, 0.4) is 0 Å². The lowest BCUT2D eigenvalue weighted by Gasteiger charge is -2.19. The highest BCUT2D eigenvalue weighted by Crippen LogP contribution is 2.49. The molecule has 0 radical (unpaired) electrons. The normalized spacial score (nSPS) is 32.5. The van der Waals surface area contributed by atoms with Gasteiger partial charge >= 0.3 is 0 Å². The number of amides is 2. The number of ether oxygens (including phenoxy) is 3. The molecule has 0 N–H and O–H groups in total. The average molecular weight is 303 g/mol. The molecule has 116 valence electrons. The van der Waals surface area contributed by atoms with Gasteiger partial charge in [0.2, 0.25) is 11.8 Å². The van der Waals surface area contributed by atoms with E-state index in [1.165, 1.54) is 12.0 Å². The Hall–Kier alpha value is -2.08. The van der Waals surface area contributed by atoms with Crippen LogP contribution in [-0.2, 0) is 14.3 Å². The van der Waals surface area contributed by atoms with E-state index >= 15 is 0 Å². The van der Waals surface area contributed by atoms with Crippen LogP contribution in [0.15, 0.2) is 18.2 Å². The SMILES string of the molecule is COc1ccc(N2C(=O)C3C4CCC(O4)C3C2=O)cc1OC. The van der Waals surface area contributed by atoms with Gasteiger partial charge in [-0.25, -0.2) is 4.90 Å². The Morgan fingerprint density at radius 1 is 1.00 bits per heavy atom. The molecule has 3 saturated heterocycles. The van der Waals surface area contributed by atoms with Gasteiger partial charge in [0.15, 0.2) is 11.5 Å². The van der Waals surface area contributed by atoms with Crippen molar-refractivity contribution in [2.24, 2.45) is 11.8 Å². The highest BCUT2D eigenvalue weighted by atomic mass is 16.5. The summed E-state index contributed by atoms with van der Waals surface area (Å²) in [7, 11) is 3.07. The smallest absolute Gasteiger partial charge is 0.240 e. The molecule has 3 aliphatic heterocycles. The number of rotatable bonds is 3. The third-order valence-electron chi connectivity index (χ3n) is 4.91. The summed E-state index contributed by atoms with van der Waals surface area (Å²) in [5.74, 6) is 0.105. The molecule has 4 rings (SSSR count). The number of carbonyl (C=O) groups is 2. The number of imide groups is 1. The first-order chi connectivity index (χ1) is 10.7. The zero-order chi connectivity index (χ0) is 15.4. The molecule has 2 amide bonds. The lowest BCUT2D eigenvalue weighted by atomic mass is 9.81. The van der Waals surface area contributed by atoms with Gasteiger partial charge in [0, 0.05) is 6.07 Å². The fourth-order valence-electron chi connectivity index (χ4n) is 3.93. The van der Waals surface area contributed by atoms with Crippen molar-refractivity contribution in [3.05, 3.63) is 18.2 Å². The molecule has 0 aromatic heterocycles. The molecular formula is C16H17NO5. The molecule has 6 nitrogen and oxygen atoms in total. The summed E-state index contributed by atoms with van der Waals surface area (Å²) in [6.07, 6.45) is 1.53. The molecule has 6 heteroatoms. The minimum Gasteiger partial charge on any atom is -0.493 e. The summed E-state index contributed by atoms with van der Waals surface area (Å²) in [6, 6.07) is 5.08. The Labute approximate surface area is 127 Å². The van der Waals surface area contributed by atoms with Crippen molar-refractivity contribution in [1.29, 1.82) is 0 Å². The first kappa shape index (κ1) is 13.6. The predicted molar refractivity (Wildman–Crippen MR) is 76.9 cm³/mol. The van der Waals surface area contributed by atoms with Crippen molar-refractivity contribution in [3.63, 3.8) is 0 Å². The lowest BCUT2D eigenvalue weighted by Crippen LogP contribution is -2.34. The van der Waals surface area contributed by atoms with E-state index in [-0.39, 0.29) is 35.9 Å². The van der Waals surface area contributed by atoms with E-state index in [0.29, 0.717) is 17.2 Å². The maximum absolute atomic E-state index is 12.7. The summed E-state index contributed by atoms with van der Waals surface area (Å²) < 4.78 is 16.2. The Morgan fingerprint density at radius 3 is 2.14 bits per heavy atom. The second kappa shape index (κ2) is 4.71. The van der Waals surface area contributed by atoms with Gasteiger partial charge in [-0.15, -0.1) is 0 Å². The number of fused-ring (bicyclic) bond motifs is 5. The first-order valence-electron chi connectivity index (χ1n) is 7.41. The van der Waals surface area contributed by atoms with Gasteiger partial charge in [0.25, 0.3) is 0 Å². The third kappa shape index (κ3) is 1.64. The molecule has 0 spiro atoms. The fraction of sp³-hybridized carbons (Fsp3) is 0.500. The standard InChI is InChI=1S/C16H17NO5/c1-20-9-4-3-8(7-12(9)21-2)17-15(18)13-10-5-6-11(22-10)14(13)16(17)19/h3-4,7,10-11,13-14H,5-6H2,1-2H3. The lowest BCUT2D eigenvalue weighted by molar-refractivity contribution is -0.124. The summed E-state index contributed by atoms with van der Waals surface area (Å²) in [5, 5.41) is 0. The molecule has 0 saturated carbocycles. The fourth-order valence-corrected chi connectivity index (χ4v) is 3.93. The van der Waals surface area contributed by atoms with Crippen molar-refractivity contribution in [1.82, 2.24) is 0 Å². The second-order valence-electron chi connectivity index (χ2n) is 5.89. The van der Waals surface area contributed by atoms with Gasteiger partial charge in [-0.2, -0.15) is 0 Å². The van der Waals surface area contributed by atoms with Crippen LogP contribution in [0.25, 0.3) is 0 Å². The zero-order valence-electron chi connectivity index (χ0n) is 12.4. The van der Waals surface area contributed by atoms with Crippen LogP contribution >= 0.6 is 0 Å². The van der Waals surface area contributed by atoms with Crippen LogP contribution in [0.2, 0.25) is 0 Å². The Kier molecular flexibility index (Phi) is 2.91. The number of hydrogen-bond acceptors (Lipinski definition) is 5. The summed E-state index contributed by atoms with van der Waals surface area (Å²) in [4.78, 5) is 26.7. The predicted octanol–water partition coefficient (Wildman–Crippen LogP) is 1.37. The Bertz CT molecular complexity index is 630. The number of hydrogen-bond donors (Lipinski definition) is 0. The molecule has 1 aromatic carbocycles. The van der Waals surface area contributed by atoms with E-state index in [1.807, 2.05) is 0 Å². The van der Waals surface area contributed by atoms with Crippen LogP contribution in [0.4, 0.5) is 5.69 Å². The topological polar surface area (TPSA) is 65.1 Å². The molecule has 4 atom stereocenters. The van der Waals surface area contributed by atoms with E-state index in [9.17, 15) is 9.59 Å². The second-order valence-corrected chi connectivity index (χ2v) is 5.89. The van der Waals surface area contributed by atoms with E-state index < -0.39 is 0 Å². The summed E-state index contributed by atoms with van der Waals surface area (Å²) in [5.41, 5.74) is 0.529. The molecule has 3 fully saturated rings. The monoisotopic (exact) mass is 303 g/mol. The number of benzene rings is 1. The molecule has 2 bridgehead atoms. The third-order valence-corrected chi connectivity index (χ3v) is 4.91. The Morgan fingerprint density at radius 2 is 1.59 bits per heavy atom. The molecule has 3 heterocycles. The highest BCUT2D eigenvalue weighted by Gasteiger charge is 2.62. The molecule has 22 heavy (non-hydrogen) atoms. The van der Waals surface area contributed by atoms with Crippen molar-refractivity contribution < 1.29 is 23.8 Å². The van der Waals surface area contributed by atoms with Gasteiger partial charge in [-0.05, 0) is 25.0 Å². The summed E-state index contributed by atoms with van der Waals surface area (Å²) in [6.45, 7) is 0. The van der Waals surface area contributed by atoms with Crippen LogP contribution < -0.4 is 14.4 Å². The minimum atomic E-state index is -0.320. The number of carbonyl (C=O) groups excluding carboxylic acids is 2. The molecular weight excluding hydrogens is 286 g/mol. The van der Waals surface area contributed by atoms with Crippen molar-refractivity contribution >= 4 is 17.5 Å². The van der Waals surface area contributed by atoms with Crippen molar-refractivity contribution in [2.75, 3.05) is 19.1 Å². The molecule has 0 aliphatic carbocycles. The maximum Gasteiger partial charge on any atom is 0.240 e. The van der Waals surface area contributed by atoms with E-state index in [2.05, 4.69) is 0 Å². The van der Waals surface area contributed by atoms with Gasteiger partial charge in [0.05, 0.1) is 44.0 Å².